The van der Waals surface area contributed by atoms with Crippen LogP contribution in [0.15, 0.2) is 35.5 Å². The quantitative estimate of drug-likeness (QED) is 0.604. The van der Waals surface area contributed by atoms with E-state index < -0.39 is 0 Å². The van der Waals surface area contributed by atoms with Crippen molar-refractivity contribution in [3.63, 3.8) is 0 Å². The van der Waals surface area contributed by atoms with Gasteiger partial charge in [0.15, 0.2) is 0 Å². The smallest absolute Gasteiger partial charge is 0.0250 e. The molecular formula is C13H18. The second-order valence-corrected chi connectivity index (χ2v) is 4.19. The Balaban J connectivity index is 1.89. The summed E-state index contributed by atoms with van der Waals surface area (Å²) in [6.45, 7) is 2.23. The molecule has 13 heavy (non-hydrogen) atoms. The average molecular weight is 174 g/mol. The Morgan fingerprint density at radius 1 is 1.38 bits per heavy atom. The van der Waals surface area contributed by atoms with Crippen LogP contribution in [0.4, 0.5) is 0 Å². The van der Waals surface area contributed by atoms with E-state index in [1.54, 1.807) is 5.57 Å². The van der Waals surface area contributed by atoms with Gasteiger partial charge >= 0.3 is 0 Å². The lowest BCUT2D eigenvalue weighted by atomic mass is 10.1. The molecule has 1 saturated carbocycles. The number of hydrogen-bond donors (Lipinski definition) is 0. The van der Waals surface area contributed by atoms with Gasteiger partial charge in [-0.1, -0.05) is 37.6 Å². The summed E-state index contributed by atoms with van der Waals surface area (Å²) in [5, 5.41) is 0. The Hall–Kier alpha value is -0.780. The Morgan fingerprint density at radius 2 is 2.23 bits per heavy atom. The predicted molar refractivity (Wildman–Crippen MR) is 57.6 cm³/mol. The van der Waals surface area contributed by atoms with Gasteiger partial charge in [0, 0.05) is 0 Å². The third-order valence-corrected chi connectivity index (χ3v) is 2.73. The Kier molecular flexibility index (Phi) is 2.68. The zero-order chi connectivity index (χ0) is 9.10. The minimum atomic E-state index is 1.02. The molecule has 0 saturated heterocycles. The summed E-state index contributed by atoms with van der Waals surface area (Å²) in [4.78, 5) is 0. The van der Waals surface area contributed by atoms with Crippen LogP contribution in [0.3, 0.4) is 0 Å². The summed E-state index contributed by atoms with van der Waals surface area (Å²) in [5.74, 6) is 1.02. The van der Waals surface area contributed by atoms with E-state index in [0.717, 1.165) is 5.92 Å². The fourth-order valence-corrected chi connectivity index (χ4v) is 1.73. The van der Waals surface area contributed by atoms with E-state index in [-0.39, 0.29) is 0 Å². The summed E-state index contributed by atoms with van der Waals surface area (Å²) in [6.07, 6.45) is 16.0. The molecule has 0 heteroatoms. The lowest BCUT2D eigenvalue weighted by Gasteiger charge is -1.94. The number of unbranched alkanes of at least 4 members (excludes halogenated alkanes) is 1. The molecule has 0 aromatic carbocycles. The van der Waals surface area contributed by atoms with E-state index in [9.17, 15) is 0 Å². The van der Waals surface area contributed by atoms with Crippen molar-refractivity contribution in [2.75, 3.05) is 0 Å². The minimum Gasteiger partial charge on any atom is -0.0773 e. The molecule has 0 aromatic rings. The second kappa shape index (κ2) is 3.95. The molecule has 2 rings (SSSR count). The van der Waals surface area contributed by atoms with Crippen molar-refractivity contribution in [3.05, 3.63) is 35.5 Å². The number of allylic oxidation sites excluding steroid dienone is 6. The van der Waals surface area contributed by atoms with Gasteiger partial charge in [-0.15, -0.1) is 0 Å². The van der Waals surface area contributed by atoms with Gasteiger partial charge in [-0.2, -0.15) is 0 Å². The first-order chi connectivity index (χ1) is 6.38. The number of hydrogen-bond acceptors (Lipinski definition) is 0. The van der Waals surface area contributed by atoms with Crippen molar-refractivity contribution in [1.29, 1.82) is 0 Å². The molecule has 2 aliphatic carbocycles. The molecule has 70 valence electrons. The zero-order valence-electron chi connectivity index (χ0n) is 8.42. The molecule has 0 spiro atoms. The van der Waals surface area contributed by atoms with Crippen molar-refractivity contribution in [2.45, 2.75) is 39.0 Å². The van der Waals surface area contributed by atoms with E-state index in [2.05, 4.69) is 31.2 Å². The van der Waals surface area contributed by atoms with Gasteiger partial charge in [0.25, 0.3) is 0 Å². The topological polar surface area (TPSA) is 0 Å². The molecular weight excluding hydrogens is 156 g/mol. The molecule has 0 amide bonds. The lowest BCUT2D eigenvalue weighted by Crippen LogP contribution is -1.77. The summed E-state index contributed by atoms with van der Waals surface area (Å²) in [7, 11) is 0. The van der Waals surface area contributed by atoms with Gasteiger partial charge in [0.05, 0.1) is 0 Å². The molecule has 0 N–H and O–H groups in total. The summed E-state index contributed by atoms with van der Waals surface area (Å²) in [5.41, 5.74) is 2.97. The Labute approximate surface area is 81.0 Å². The fraction of sp³-hybridized carbons (Fsp3) is 0.538. The van der Waals surface area contributed by atoms with Crippen LogP contribution in [-0.2, 0) is 0 Å². The summed E-state index contributed by atoms with van der Waals surface area (Å²) in [6, 6.07) is 0. The van der Waals surface area contributed by atoms with Gasteiger partial charge in [0.1, 0.15) is 0 Å². The van der Waals surface area contributed by atoms with Crippen LogP contribution in [0.1, 0.15) is 39.0 Å². The third-order valence-electron chi connectivity index (χ3n) is 2.73. The fourth-order valence-electron chi connectivity index (χ4n) is 1.73. The normalized spacial score (nSPS) is 24.1. The molecule has 0 atom stereocenters. The van der Waals surface area contributed by atoms with E-state index in [1.807, 2.05) is 0 Å². The van der Waals surface area contributed by atoms with Gasteiger partial charge < -0.3 is 0 Å². The molecule has 0 aliphatic heterocycles. The first-order valence-electron chi connectivity index (χ1n) is 5.47. The highest BCUT2D eigenvalue weighted by Crippen LogP contribution is 2.37. The summed E-state index contributed by atoms with van der Waals surface area (Å²) < 4.78 is 0. The van der Waals surface area contributed by atoms with E-state index >= 15 is 0 Å². The highest BCUT2D eigenvalue weighted by molar-refractivity contribution is 5.46. The van der Waals surface area contributed by atoms with Gasteiger partial charge in [-0.3, -0.25) is 0 Å². The molecule has 0 nitrogen and oxygen atoms in total. The molecule has 2 aliphatic rings. The van der Waals surface area contributed by atoms with E-state index in [4.69, 9.17) is 0 Å². The number of rotatable bonds is 4. The molecule has 1 fully saturated rings. The van der Waals surface area contributed by atoms with Crippen LogP contribution in [0.2, 0.25) is 0 Å². The van der Waals surface area contributed by atoms with Crippen molar-refractivity contribution in [2.24, 2.45) is 5.92 Å². The molecule has 0 radical (unpaired) electrons. The molecule has 0 heterocycles. The monoisotopic (exact) mass is 174 g/mol. The van der Waals surface area contributed by atoms with Gasteiger partial charge in [-0.05, 0) is 42.7 Å². The van der Waals surface area contributed by atoms with Crippen LogP contribution < -0.4 is 0 Å². The van der Waals surface area contributed by atoms with Crippen LogP contribution in [0.5, 0.6) is 0 Å². The lowest BCUT2D eigenvalue weighted by molar-refractivity contribution is 0.838. The van der Waals surface area contributed by atoms with Crippen molar-refractivity contribution >= 4 is 0 Å². The Morgan fingerprint density at radius 3 is 2.92 bits per heavy atom. The highest BCUT2D eigenvalue weighted by atomic mass is 14.3. The molecule has 0 bridgehead atoms. The van der Waals surface area contributed by atoms with E-state index in [1.165, 1.54) is 37.7 Å². The van der Waals surface area contributed by atoms with E-state index in [0.29, 0.717) is 0 Å². The maximum Gasteiger partial charge on any atom is -0.0250 e. The molecule has 0 unspecified atom stereocenters. The SMILES string of the molecule is CCC/C=C1/C=CC(CC2CC2)=C1. The predicted octanol–water partition coefficient (Wildman–Crippen LogP) is 4.01. The molecule has 0 aromatic heterocycles. The van der Waals surface area contributed by atoms with Gasteiger partial charge in [0.2, 0.25) is 0 Å². The second-order valence-electron chi connectivity index (χ2n) is 4.19. The average Bonchev–Trinajstić information content (AvgIpc) is 2.81. The van der Waals surface area contributed by atoms with Gasteiger partial charge in [-0.25, -0.2) is 0 Å². The van der Waals surface area contributed by atoms with Crippen LogP contribution in [0, 0.1) is 5.92 Å². The van der Waals surface area contributed by atoms with Crippen molar-refractivity contribution < 1.29 is 0 Å². The summed E-state index contributed by atoms with van der Waals surface area (Å²) >= 11 is 0. The van der Waals surface area contributed by atoms with Crippen molar-refractivity contribution in [1.82, 2.24) is 0 Å². The first-order valence-corrected chi connectivity index (χ1v) is 5.47. The third kappa shape index (κ3) is 2.58. The minimum absolute atomic E-state index is 1.02. The Bertz CT molecular complexity index is 262. The highest BCUT2D eigenvalue weighted by Gasteiger charge is 2.22. The van der Waals surface area contributed by atoms with Crippen LogP contribution >= 0.6 is 0 Å². The van der Waals surface area contributed by atoms with Crippen molar-refractivity contribution in [3.8, 4) is 0 Å². The maximum absolute atomic E-state index is 2.36. The van der Waals surface area contributed by atoms with Crippen LogP contribution in [-0.4, -0.2) is 0 Å². The standard InChI is InChI=1S/C13H18/c1-2-3-4-11-7-8-13(9-11)10-12-5-6-12/h4,7-9,12H,2-3,5-6,10H2,1H3/b11-4-. The largest absolute Gasteiger partial charge is 0.0773 e. The van der Waals surface area contributed by atoms with Crippen LogP contribution in [0.25, 0.3) is 0 Å². The maximum atomic E-state index is 2.36. The first kappa shape index (κ1) is 8.80. The zero-order valence-corrected chi connectivity index (χ0v) is 8.42.